The first kappa shape index (κ1) is 26.4. The molecule has 0 spiro atoms. The topological polar surface area (TPSA) is 64.1 Å². The van der Waals surface area contributed by atoms with Gasteiger partial charge in [0, 0.05) is 20.1 Å². The lowest BCUT2D eigenvalue weighted by Crippen LogP contribution is -2.42. The fraction of sp³-hybridized carbons (Fsp3) is 0.333. The third kappa shape index (κ3) is 5.09. The van der Waals surface area contributed by atoms with Crippen LogP contribution in [-0.4, -0.2) is 51.7 Å². The normalized spacial score (nSPS) is 18.5. The number of fused-ring (bicyclic) bond motifs is 2. The van der Waals surface area contributed by atoms with Crippen LogP contribution in [0.4, 0.5) is 21.5 Å². The van der Waals surface area contributed by atoms with Gasteiger partial charge in [0.25, 0.3) is 10.0 Å². The smallest absolute Gasteiger partial charge is 0.266 e. The van der Waals surface area contributed by atoms with Crippen molar-refractivity contribution in [2.45, 2.75) is 23.8 Å². The highest BCUT2D eigenvalue weighted by molar-refractivity contribution is 7.93. The molecular weight excluding hydrogens is 501 g/mol. The molecule has 0 saturated carbocycles. The van der Waals surface area contributed by atoms with Crippen LogP contribution in [0.5, 0.6) is 0 Å². The molecule has 192 valence electrons. The van der Waals surface area contributed by atoms with Crippen LogP contribution in [0.1, 0.15) is 24.5 Å². The lowest BCUT2D eigenvalue weighted by atomic mass is 9.96. The van der Waals surface area contributed by atoms with E-state index in [1.807, 2.05) is 48.3 Å². The fourth-order valence-electron chi connectivity index (χ4n) is 5.11. The predicted molar refractivity (Wildman–Crippen MR) is 143 cm³/mol. The standard InChI is InChI=1S/C27H30FN3O3S.ClH/c1-29-23-6-2-3-7-24(23)31(35(33,34)27-9-5-4-8-25(27)29)18-20-14-16-30(17-15-20)19-26(32)21-10-12-22(28)13-11-21;/h2-13,20,26,32H,14-19H2,1H3;1H/t26-;/m0./s1. The monoisotopic (exact) mass is 531 g/mol. The molecule has 1 N–H and O–H groups in total. The average molecular weight is 532 g/mol. The van der Waals surface area contributed by atoms with Crippen LogP contribution in [-0.2, 0) is 10.0 Å². The molecule has 0 aliphatic carbocycles. The largest absolute Gasteiger partial charge is 0.387 e. The summed E-state index contributed by atoms with van der Waals surface area (Å²) < 4.78 is 42.4. The Morgan fingerprint density at radius 3 is 2.17 bits per heavy atom. The highest BCUT2D eigenvalue weighted by Gasteiger charge is 2.36. The number of anilines is 3. The number of benzene rings is 3. The molecule has 1 saturated heterocycles. The van der Waals surface area contributed by atoms with Gasteiger partial charge < -0.3 is 14.9 Å². The van der Waals surface area contributed by atoms with Gasteiger partial charge in [-0.3, -0.25) is 4.31 Å². The van der Waals surface area contributed by atoms with Crippen molar-refractivity contribution < 1.29 is 17.9 Å². The number of piperidine rings is 1. The van der Waals surface area contributed by atoms with Gasteiger partial charge in [0.05, 0.1) is 23.2 Å². The number of aliphatic hydroxyl groups excluding tert-OH is 1. The second kappa shape index (κ2) is 10.8. The molecule has 1 fully saturated rings. The summed E-state index contributed by atoms with van der Waals surface area (Å²) in [5.41, 5.74) is 2.93. The maximum Gasteiger partial charge on any atom is 0.266 e. The Morgan fingerprint density at radius 1 is 0.917 bits per heavy atom. The Balaban J connectivity index is 0.00000304. The molecule has 36 heavy (non-hydrogen) atoms. The molecule has 0 bridgehead atoms. The van der Waals surface area contributed by atoms with Crippen LogP contribution < -0.4 is 9.21 Å². The van der Waals surface area contributed by atoms with Crippen molar-refractivity contribution in [3.05, 3.63) is 84.2 Å². The van der Waals surface area contributed by atoms with Crippen molar-refractivity contribution in [3.63, 3.8) is 0 Å². The molecule has 3 aromatic rings. The van der Waals surface area contributed by atoms with Gasteiger partial charge in [-0.1, -0.05) is 36.4 Å². The molecule has 0 unspecified atom stereocenters. The van der Waals surface area contributed by atoms with E-state index in [-0.39, 0.29) is 24.1 Å². The fourth-order valence-corrected chi connectivity index (χ4v) is 6.88. The first-order chi connectivity index (χ1) is 16.8. The van der Waals surface area contributed by atoms with Crippen molar-refractivity contribution in [1.82, 2.24) is 4.90 Å². The third-order valence-corrected chi connectivity index (χ3v) is 8.95. The maximum atomic E-state index is 13.8. The average Bonchev–Trinajstić information content (AvgIpc) is 2.94. The Bertz CT molecular complexity index is 1300. The molecule has 2 aliphatic heterocycles. The first-order valence-electron chi connectivity index (χ1n) is 11.9. The van der Waals surface area contributed by atoms with E-state index in [9.17, 15) is 17.9 Å². The maximum absolute atomic E-state index is 13.8. The van der Waals surface area contributed by atoms with Gasteiger partial charge in [0.1, 0.15) is 10.7 Å². The highest BCUT2D eigenvalue weighted by atomic mass is 35.5. The number of rotatable bonds is 5. The van der Waals surface area contributed by atoms with E-state index >= 15 is 0 Å². The summed E-state index contributed by atoms with van der Waals surface area (Å²) in [5, 5.41) is 10.6. The van der Waals surface area contributed by atoms with Crippen molar-refractivity contribution in [2.75, 3.05) is 42.4 Å². The van der Waals surface area contributed by atoms with Gasteiger partial charge in [-0.2, -0.15) is 0 Å². The Hall–Kier alpha value is -2.65. The SMILES string of the molecule is CN1c2ccccc2N(CC2CCN(C[C@H](O)c3ccc(F)cc3)CC2)S(=O)(=O)c2ccccc21.Cl. The molecule has 0 amide bonds. The highest BCUT2D eigenvalue weighted by Crippen LogP contribution is 2.43. The molecule has 2 aliphatic rings. The zero-order chi connectivity index (χ0) is 24.6. The first-order valence-corrected chi connectivity index (χ1v) is 13.4. The number of sulfonamides is 1. The van der Waals surface area contributed by atoms with E-state index in [0.717, 1.165) is 31.6 Å². The van der Waals surface area contributed by atoms with E-state index in [0.29, 0.717) is 34.9 Å². The minimum atomic E-state index is -3.73. The van der Waals surface area contributed by atoms with E-state index in [4.69, 9.17) is 0 Å². The van der Waals surface area contributed by atoms with Crippen LogP contribution in [0.15, 0.2) is 77.7 Å². The molecule has 6 nitrogen and oxygen atoms in total. The van der Waals surface area contributed by atoms with Gasteiger partial charge in [-0.05, 0) is 73.8 Å². The number of aliphatic hydroxyl groups is 1. The van der Waals surface area contributed by atoms with Crippen LogP contribution in [0.25, 0.3) is 0 Å². The summed E-state index contributed by atoms with van der Waals surface area (Å²) in [6, 6.07) is 20.7. The summed E-state index contributed by atoms with van der Waals surface area (Å²) in [5.74, 6) is -0.117. The number of halogens is 2. The van der Waals surface area contributed by atoms with Gasteiger partial charge in [0.15, 0.2) is 0 Å². The molecule has 3 aromatic carbocycles. The van der Waals surface area contributed by atoms with Crippen molar-refractivity contribution >= 4 is 39.5 Å². The molecule has 5 rings (SSSR count). The minimum absolute atomic E-state index is 0. The Labute approximate surface area is 218 Å². The van der Waals surface area contributed by atoms with Gasteiger partial charge in [-0.25, -0.2) is 12.8 Å². The number of β-amino-alcohol motifs (C(OH)–C–C–N with tert-alkyl or cyclic N) is 1. The number of likely N-dealkylation sites (tertiary alicyclic amines) is 1. The minimum Gasteiger partial charge on any atom is -0.387 e. The lowest BCUT2D eigenvalue weighted by Gasteiger charge is -2.36. The van der Waals surface area contributed by atoms with E-state index < -0.39 is 16.1 Å². The van der Waals surface area contributed by atoms with Crippen LogP contribution in [0, 0.1) is 11.7 Å². The number of hydrogen-bond donors (Lipinski definition) is 1. The Morgan fingerprint density at radius 2 is 1.50 bits per heavy atom. The summed E-state index contributed by atoms with van der Waals surface area (Å²) in [6.45, 7) is 2.43. The zero-order valence-corrected chi connectivity index (χ0v) is 21.8. The van der Waals surface area contributed by atoms with Crippen molar-refractivity contribution in [1.29, 1.82) is 0 Å². The van der Waals surface area contributed by atoms with Crippen LogP contribution >= 0.6 is 12.4 Å². The van der Waals surface area contributed by atoms with E-state index in [1.54, 1.807) is 28.6 Å². The van der Waals surface area contributed by atoms with Gasteiger partial charge >= 0.3 is 0 Å². The van der Waals surface area contributed by atoms with Gasteiger partial charge in [0.2, 0.25) is 0 Å². The molecule has 0 aromatic heterocycles. The molecule has 0 radical (unpaired) electrons. The molecule has 2 heterocycles. The van der Waals surface area contributed by atoms with Crippen molar-refractivity contribution in [2.24, 2.45) is 5.92 Å². The summed E-state index contributed by atoms with van der Waals surface area (Å²) >= 11 is 0. The molecular formula is C27H31ClFN3O3S. The zero-order valence-electron chi connectivity index (χ0n) is 20.1. The van der Waals surface area contributed by atoms with Crippen LogP contribution in [0.2, 0.25) is 0 Å². The summed E-state index contributed by atoms with van der Waals surface area (Å²) in [7, 11) is -1.83. The van der Waals surface area contributed by atoms with E-state index in [2.05, 4.69) is 4.90 Å². The molecule has 9 heteroatoms. The van der Waals surface area contributed by atoms with E-state index in [1.165, 1.54) is 12.1 Å². The second-order valence-corrected chi connectivity index (χ2v) is 11.2. The van der Waals surface area contributed by atoms with Crippen LogP contribution in [0.3, 0.4) is 0 Å². The molecule has 1 atom stereocenters. The quantitative estimate of drug-likeness (QED) is 0.503. The summed E-state index contributed by atoms with van der Waals surface area (Å²) in [6.07, 6.45) is 0.987. The number of para-hydroxylation sites is 3. The third-order valence-electron chi connectivity index (χ3n) is 7.12. The van der Waals surface area contributed by atoms with Gasteiger partial charge in [-0.15, -0.1) is 12.4 Å². The number of hydrogen-bond acceptors (Lipinski definition) is 5. The Kier molecular flexibility index (Phi) is 7.90. The number of nitrogens with zero attached hydrogens (tertiary/aromatic N) is 3. The second-order valence-electron chi connectivity index (χ2n) is 9.36. The lowest BCUT2D eigenvalue weighted by molar-refractivity contribution is 0.0904. The van der Waals surface area contributed by atoms with Crippen molar-refractivity contribution in [3.8, 4) is 0 Å². The predicted octanol–water partition coefficient (Wildman–Crippen LogP) is 4.97. The summed E-state index contributed by atoms with van der Waals surface area (Å²) in [4.78, 5) is 4.46.